The first kappa shape index (κ1) is 15.4. The van der Waals surface area contributed by atoms with Gasteiger partial charge in [-0.1, -0.05) is 40.2 Å². The van der Waals surface area contributed by atoms with Gasteiger partial charge in [-0.25, -0.2) is 0 Å². The highest BCUT2D eigenvalue weighted by atomic mass is 79.9. The van der Waals surface area contributed by atoms with E-state index < -0.39 is 0 Å². The molecule has 0 saturated carbocycles. The fourth-order valence-corrected chi connectivity index (χ4v) is 4.42. The van der Waals surface area contributed by atoms with Gasteiger partial charge in [-0.15, -0.1) is 0 Å². The summed E-state index contributed by atoms with van der Waals surface area (Å²) in [7, 11) is 0. The topological polar surface area (TPSA) is 55.2 Å². The summed E-state index contributed by atoms with van der Waals surface area (Å²) < 4.78 is 1.07. The van der Waals surface area contributed by atoms with Gasteiger partial charge in [0.15, 0.2) is 0 Å². The van der Waals surface area contributed by atoms with Gasteiger partial charge in [-0.2, -0.15) is 0 Å². The van der Waals surface area contributed by atoms with Crippen LogP contribution in [0.5, 0.6) is 0 Å². The van der Waals surface area contributed by atoms with Crippen LogP contribution in [0.1, 0.15) is 35.1 Å². The molecule has 0 amide bonds. The number of rotatable bonds is 2. The lowest BCUT2D eigenvalue weighted by Gasteiger charge is -2.38. The van der Waals surface area contributed by atoms with E-state index in [9.17, 15) is 10.1 Å². The van der Waals surface area contributed by atoms with Crippen molar-refractivity contribution in [1.29, 1.82) is 0 Å². The average Bonchev–Trinajstić information content (AvgIpc) is 3.04. The zero-order chi connectivity index (χ0) is 16.8. The van der Waals surface area contributed by atoms with Gasteiger partial charge in [0.1, 0.15) is 0 Å². The van der Waals surface area contributed by atoms with Crippen molar-refractivity contribution in [2.75, 3.05) is 5.32 Å². The van der Waals surface area contributed by atoms with Crippen LogP contribution in [0.2, 0.25) is 0 Å². The van der Waals surface area contributed by atoms with E-state index in [1.54, 1.807) is 12.1 Å². The van der Waals surface area contributed by atoms with Crippen LogP contribution in [-0.2, 0) is 0 Å². The van der Waals surface area contributed by atoms with E-state index in [0.29, 0.717) is 5.92 Å². The lowest BCUT2D eigenvalue weighted by molar-refractivity contribution is -0.385. The minimum absolute atomic E-state index is 0.174. The molecule has 0 fully saturated rings. The normalized spacial score (nSPS) is 24.2. The molecule has 1 aliphatic carbocycles. The minimum atomic E-state index is -0.304. The summed E-state index contributed by atoms with van der Waals surface area (Å²) in [6.07, 6.45) is 5.39. The summed E-state index contributed by atoms with van der Waals surface area (Å²) in [6, 6.07) is 12.0. The molecule has 24 heavy (non-hydrogen) atoms. The number of nitrogens with one attached hydrogen (secondary N) is 1. The smallest absolute Gasteiger partial charge is 0.270 e. The molecule has 1 N–H and O–H groups in total. The first-order valence-corrected chi connectivity index (χ1v) is 8.81. The molecule has 0 spiro atoms. The number of aryl methyl sites for hydroxylation is 1. The first-order valence-electron chi connectivity index (χ1n) is 8.02. The second-order valence-electron chi connectivity index (χ2n) is 6.51. The molecular weight excluding hydrogens is 368 g/mol. The van der Waals surface area contributed by atoms with Crippen molar-refractivity contribution in [3.63, 3.8) is 0 Å². The van der Waals surface area contributed by atoms with Crippen molar-refractivity contribution in [2.24, 2.45) is 5.92 Å². The SMILES string of the molecule is Cc1cc([N+](=O)[O-])cc2c1N[C@H](c1cccc(Br)c1)[C@@H]1CC=C[C@H]21. The molecule has 2 aliphatic rings. The summed E-state index contributed by atoms with van der Waals surface area (Å²) in [4.78, 5) is 10.9. The molecule has 1 aliphatic heterocycles. The molecule has 2 aromatic rings. The first-order chi connectivity index (χ1) is 11.5. The van der Waals surface area contributed by atoms with Crippen molar-refractivity contribution >= 4 is 27.3 Å². The second kappa shape index (κ2) is 5.74. The van der Waals surface area contributed by atoms with Gasteiger partial charge in [0.05, 0.1) is 11.0 Å². The van der Waals surface area contributed by atoms with Gasteiger partial charge < -0.3 is 5.32 Å². The van der Waals surface area contributed by atoms with E-state index in [-0.39, 0.29) is 22.6 Å². The van der Waals surface area contributed by atoms with Crippen LogP contribution in [-0.4, -0.2) is 4.92 Å². The van der Waals surface area contributed by atoms with Crippen LogP contribution in [0.3, 0.4) is 0 Å². The third kappa shape index (κ3) is 2.44. The molecule has 0 saturated heterocycles. The number of hydrogen-bond donors (Lipinski definition) is 1. The Kier molecular flexibility index (Phi) is 3.68. The van der Waals surface area contributed by atoms with Gasteiger partial charge in [0, 0.05) is 28.2 Å². The second-order valence-corrected chi connectivity index (χ2v) is 7.43. The summed E-state index contributed by atoms with van der Waals surface area (Å²) in [5.74, 6) is 0.608. The molecule has 0 bridgehead atoms. The van der Waals surface area contributed by atoms with E-state index in [4.69, 9.17) is 0 Å². The summed E-state index contributed by atoms with van der Waals surface area (Å²) in [5.41, 5.74) is 4.43. The lowest BCUT2D eigenvalue weighted by atomic mass is 9.76. The molecule has 0 radical (unpaired) electrons. The van der Waals surface area contributed by atoms with Crippen molar-refractivity contribution in [1.82, 2.24) is 0 Å². The molecule has 5 heteroatoms. The van der Waals surface area contributed by atoms with Crippen LogP contribution in [0, 0.1) is 23.0 Å². The Morgan fingerprint density at radius 3 is 2.88 bits per heavy atom. The fourth-order valence-electron chi connectivity index (χ4n) is 4.00. The highest BCUT2D eigenvalue weighted by molar-refractivity contribution is 9.10. The Balaban J connectivity index is 1.83. The Morgan fingerprint density at radius 1 is 1.29 bits per heavy atom. The number of nitrogens with zero attached hydrogens (tertiary/aromatic N) is 1. The standard InChI is InChI=1S/C19H17BrN2O2/c1-11-8-14(22(23)24)10-17-15-6-3-7-16(15)19(21-18(11)17)12-4-2-5-13(20)9-12/h2-6,8-10,15-16,19,21H,7H2,1H3/t15-,16+,19+/m0/s1. The maximum Gasteiger partial charge on any atom is 0.270 e. The highest BCUT2D eigenvalue weighted by Crippen LogP contribution is 2.51. The Bertz CT molecular complexity index is 862. The number of halogens is 1. The number of nitro benzene ring substituents is 1. The zero-order valence-corrected chi connectivity index (χ0v) is 14.8. The van der Waals surface area contributed by atoms with Crippen molar-refractivity contribution < 1.29 is 4.92 Å². The van der Waals surface area contributed by atoms with Crippen LogP contribution < -0.4 is 5.32 Å². The molecule has 3 atom stereocenters. The Hall–Kier alpha value is -2.14. The number of anilines is 1. The van der Waals surface area contributed by atoms with Crippen molar-refractivity contribution in [3.8, 4) is 0 Å². The molecule has 122 valence electrons. The molecule has 1 heterocycles. The molecule has 0 aromatic heterocycles. The van der Waals surface area contributed by atoms with Gasteiger partial charge in [0.25, 0.3) is 5.69 Å². The Morgan fingerprint density at radius 2 is 2.12 bits per heavy atom. The van der Waals surface area contributed by atoms with Crippen LogP contribution in [0.15, 0.2) is 53.0 Å². The molecule has 0 unspecified atom stereocenters. The van der Waals surface area contributed by atoms with Gasteiger partial charge in [-0.3, -0.25) is 10.1 Å². The van der Waals surface area contributed by atoms with Gasteiger partial charge in [-0.05, 0) is 48.1 Å². The lowest BCUT2D eigenvalue weighted by Crippen LogP contribution is -2.29. The molecular formula is C19H17BrN2O2. The Labute approximate surface area is 148 Å². The van der Waals surface area contributed by atoms with Gasteiger partial charge >= 0.3 is 0 Å². The van der Waals surface area contributed by atoms with E-state index in [1.807, 2.05) is 13.0 Å². The van der Waals surface area contributed by atoms with E-state index in [0.717, 1.165) is 27.7 Å². The largest absolute Gasteiger partial charge is 0.377 e. The number of nitro groups is 1. The predicted octanol–water partition coefficient (Wildman–Crippen LogP) is 5.49. The third-order valence-corrected chi connectivity index (χ3v) is 5.56. The fraction of sp³-hybridized carbons (Fsp3) is 0.263. The summed E-state index contributed by atoms with van der Waals surface area (Å²) >= 11 is 3.55. The molecule has 2 aromatic carbocycles. The minimum Gasteiger partial charge on any atom is -0.377 e. The van der Waals surface area contributed by atoms with E-state index in [2.05, 4.69) is 51.6 Å². The monoisotopic (exact) mass is 384 g/mol. The predicted molar refractivity (Wildman–Crippen MR) is 98.3 cm³/mol. The quantitative estimate of drug-likeness (QED) is 0.422. The molecule has 4 rings (SSSR count). The number of benzene rings is 2. The average molecular weight is 385 g/mol. The van der Waals surface area contributed by atoms with Crippen LogP contribution in [0.4, 0.5) is 11.4 Å². The highest BCUT2D eigenvalue weighted by Gasteiger charge is 2.39. The maximum atomic E-state index is 11.2. The summed E-state index contributed by atoms with van der Waals surface area (Å²) in [6.45, 7) is 1.94. The number of hydrogen-bond acceptors (Lipinski definition) is 3. The third-order valence-electron chi connectivity index (χ3n) is 5.07. The summed E-state index contributed by atoms with van der Waals surface area (Å²) in [5, 5.41) is 14.9. The number of allylic oxidation sites excluding steroid dienone is 2. The number of non-ortho nitro benzene ring substituents is 1. The number of fused-ring (bicyclic) bond motifs is 3. The molecule has 4 nitrogen and oxygen atoms in total. The van der Waals surface area contributed by atoms with Crippen molar-refractivity contribution in [3.05, 3.63) is 79.8 Å². The van der Waals surface area contributed by atoms with E-state index in [1.165, 1.54) is 5.56 Å². The maximum absolute atomic E-state index is 11.2. The van der Waals surface area contributed by atoms with E-state index >= 15 is 0 Å². The van der Waals surface area contributed by atoms with Crippen LogP contribution >= 0.6 is 15.9 Å². The van der Waals surface area contributed by atoms with Crippen LogP contribution in [0.25, 0.3) is 0 Å². The van der Waals surface area contributed by atoms with Crippen molar-refractivity contribution in [2.45, 2.75) is 25.3 Å². The zero-order valence-electron chi connectivity index (χ0n) is 13.2. The van der Waals surface area contributed by atoms with Gasteiger partial charge in [0.2, 0.25) is 0 Å².